The highest BCUT2D eigenvalue weighted by Crippen LogP contribution is 2.33. The highest BCUT2D eigenvalue weighted by molar-refractivity contribution is 8.00. The number of urea groups is 1. The molecular formula is C34H63N11O8S. The van der Waals surface area contributed by atoms with Gasteiger partial charge < -0.3 is 64.6 Å². The van der Waals surface area contributed by atoms with Crippen LogP contribution in [0.4, 0.5) is 4.79 Å². The third-order valence-corrected chi connectivity index (χ3v) is 10.6. The number of rotatable bonds is 28. The van der Waals surface area contributed by atoms with Crippen LogP contribution in [0.15, 0.2) is 4.99 Å². The number of hydrogen-bond acceptors (Lipinski definition) is 11. The summed E-state index contributed by atoms with van der Waals surface area (Å²) in [7, 11) is 0. The van der Waals surface area contributed by atoms with E-state index >= 15 is 0 Å². The van der Waals surface area contributed by atoms with Gasteiger partial charge in [0.25, 0.3) is 0 Å². The topological polar surface area (TPSA) is 318 Å². The Morgan fingerprint density at radius 1 is 0.796 bits per heavy atom. The van der Waals surface area contributed by atoms with Gasteiger partial charge in [-0.2, -0.15) is 11.8 Å². The Bertz CT molecular complexity index is 1240. The first kappa shape index (κ1) is 46.3. The minimum atomic E-state index is -1.33. The second-order valence-corrected chi connectivity index (χ2v) is 15.1. The smallest absolute Gasteiger partial charge is 0.315 e. The molecule has 2 saturated heterocycles. The van der Waals surface area contributed by atoms with Crippen LogP contribution in [0.25, 0.3) is 0 Å². The summed E-state index contributed by atoms with van der Waals surface area (Å²) in [4.78, 5) is 79.8. The van der Waals surface area contributed by atoms with Crippen LogP contribution in [-0.2, 0) is 24.0 Å². The minimum absolute atomic E-state index is 0.0257. The van der Waals surface area contributed by atoms with Crippen LogP contribution in [-0.4, -0.2) is 132 Å². The second kappa shape index (κ2) is 26.0. The normalized spacial score (nSPS) is 19.6. The lowest BCUT2D eigenvalue weighted by Gasteiger charge is -2.25. The third-order valence-electron chi connectivity index (χ3n) is 9.14. The van der Waals surface area contributed by atoms with Crippen LogP contribution in [0, 0.1) is 0 Å². The van der Waals surface area contributed by atoms with E-state index in [1.54, 1.807) is 6.92 Å². The molecule has 0 aromatic rings. The van der Waals surface area contributed by atoms with E-state index in [4.69, 9.17) is 17.2 Å². The first-order valence-electron chi connectivity index (χ1n) is 19.0. The van der Waals surface area contributed by atoms with Crippen molar-refractivity contribution >= 4 is 53.3 Å². The van der Waals surface area contributed by atoms with E-state index in [1.165, 1.54) is 0 Å². The second-order valence-electron chi connectivity index (χ2n) is 13.8. The monoisotopic (exact) mass is 785 g/mol. The molecule has 2 heterocycles. The molecule has 0 spiro atoms. The fourth-order valence-corrected chi connectivity index (χ4v) is 7.65. The van der Waals surface area contributed by atoms with E-state index < -0.39 is 54.4 Å². The third kappa shape index (κ3) is 18.0. The standard InChI is InChI=1S/C34H63N11O8S/c1-21(18-46)40-30(50)22(10-6-7-15-35)42-31(51)23(11-9-17-39-33(36)37)43-32(52)24(19-47)41-28(49)14-3-2-8-16-38-27(48)13-5-4-12-26-29-25(20-54-26)44-34(53)45-29/h21-26,29,46-47H,2-20,35H2,1H3,(H,38,48)(H,40,50)(H,41,49)(H,42,51)(H,43,52)(H4,36,37,39)(H2,44,45,53). The van der Waals surface area contributed by atoms with Crippen LogP contribution in [0.5, 0.6) is 0 Å². The van der Waals surface area contributed by atoms with Crippen molar-refractivity contribution in [2.45, 2.75) is 132 Å². The molecule has 2 aliphatic rings. The Hall–Kier alpha value is -3.88. The molecule has 7 atom stereocenters. The lowest BCUT2D eigenvalue weighted by atomic mass is 10.0. The number of aliphatic hydroxyl groups excluding tert-OH is 2. The first-order chi connectivity index (χ1) is 25.9. The van der Waals surface area contributed by atoms with E-state index in [2.05, 4.69) is 42.2 Å². The molecule has 308 valence electrons. The number of nitrogens with two attached hydrogens (primary N) is 3. The first-order valence-corrected chi connectivity index (χ1v) is 20.1. The van der Waals surface area contributed by atoms with Gasteiger partial charge >= 0.3 is 6.03 Å². The SMILES string of the molecule is CC(CO)NC(=O)C(CCCCN)NC(=O)C(CCCN=C(N)N)NC(=O)C(CO)NC(=O)CCCCCNC(=O)CCCCC1SCC2NC(=O)NC21. The Balaban J connectivity index is 1.76. The largest absolute Gasteiger partial charge is 0.394 e. The number of carbonyl (C=O) groups is 6. The number of nitrogens with one attached hydrogen (secondary N) is 7. The molecule has 7 unspecified atom stereocenters. The van der Waals surface area contributed by atoms with Crippen molar-refractivity contribution in [3.63, 3.8) is 0 Å². The molecule has 19 nitrogen and oxygen atoms in total. The highest BCUT2D eigenvalue weighted by atomic mass is 32.2. The van der Waals surface area contributed by atoms with Crippen LogP contribution < -0.4 is 54.4 Å². The van der Waals surface area contributed by atoms with Gasteiger partial charge in [0.2, 0.25) is 29.5 Å². The van der Waals surface area contributed by atoms with Crippen LogP contribution in [0.3, 0.4) is 0 Å². The van der Waals surface area contributed by atoms with Gasteiger partial charge in [0.05, 0.1) is 25.3 Å². The van der Waals surface area contributed by atoms with E-state index in [0.717, 1.165) is 25.0 Å². The predicted octanol–water partition coefficient (Wildman–Crippen LogP) is -2.48. The van der Waals surface area contributed by atoms with E-state index in [1.807, 2.05) is 11.8 Å². The Morgan fingerprint density at radius 2 is 1.44 bits per heavy atom. The number of carbonyl (C=O) groups excluding carboxylic acids is 6. The molecular weight excluding hydrogens is 723 g/mol. The fourth-order valence-electron chi connectivity index (χ4n) is 6.11. The average Bonchev–Trinajstić information content (AvgIpc) is 3.69. The minimum Gasteiger partial charge on any atom is -0.394 e. The number of unbranched alkanes of at least 4 members (excludes halogenated alkanes) is 4. The van der Waals surface area contributed by atoms with Crippen molar-refractivity contribution in [2.24, 2.45) is 22.2 Å². The maximum atomic E-state index is 13.4. The Kier molecular flexibility index (Phi) is 22.3. The summed E-state index contributed by atoms with van der Waals surface area (Å²) in [5, 5.41) is 38.8. The van der Waals surface area contributed by atoms with Crippen LogP contribution in [0.1, 0.15) is 90.4 Å². The molecule has 7 amide bonds. The number of fused-ring (bicyclic) bond motifs is 1. The summed E-state index contributed by atoms with van der Waals surface area (Å²) in [6.07, 6.45) is 6.74. The molecule has 2 fully saturated rings. The highest BCUT2D eigenvalue weighted by Gasteiger charge is 2.42. The summed E-state index contributed by atoms with van der Waals surface area (Å²) >= 11 is 1.86. The predicted molar refractivity (Wildman–Crippen MR) is 206 cm³/mol. The number of amides is 7. The molecule has 0 aromatic heterocycles. The van der Waals surface area contributed by atoms with E-state index in [9.17, 15) is 39.0 Å². The summed E-state index contributed by atoms with van der Waals surface area (Å²) in [5.41, 5.74) is 16.4. The summed E-state index contributed by atoms with van der Waals surface area (Å²) in [6, 6.07) is -3.75. The molecule has 20 heteroatoms. The Labute approximate surface area is 321 Å². The van der Waals surface area contributed by atoms with Crippen LogP contribution in [0.2, 0.25) is 0 Å². The average molecular weight is 786 g/mol. The van der Waals surface area contributed by atoms with Gasteiger partial charge in [-0.15, -0.1) is 0 Å². The molecule has 2 rings (SSSR count). The zero-order chi connectivity index (χ0) is 39.9. The molecule has 0 bridgehead atoms. The van der Waals surface area contributed by atoms with Crippen molar-refractivity contribution < 1.29 is 39.0 Å². The van der Waals surface area contributed by atoms with Crippen molar-refractivity contribution in [1.82, 2.24) is 37.2 Å². The maximum Gasteiger partial charge on any atom is 0.315 e. The number of hydrogen-bond donors (Lipinski definition) is 12. The maximum absolute atomic E-state index is 13.4. The van der Waals surface area contributed by atoms with Crippen molar-refractivity contribution in [3.8, 4) is 0 Å². The fraction of sp³-hybridized carbons (Fsp3) is 0.794. The van der Waals surface area contributed by atoms with Gasteiger partial charge in [-0.1, -0.05) is 12.8 Å². The number of thioether (sulfide) groups is 1. The molecule has 2 aliphatic heterocycles. The quantitative estimate of drug-likeness (QED) is 0.0170. The Morgan fingerprint density at radius 3 is 2.11 bits per heavy atom. The summed E-state index contributed by atoms with van der Waals surface area (Å²) in [6.45, 7) is 1.64. The molecule has 0 aliphatic carbocycles. The van der Waals surface area contributed by atoms with Crippen molar-refractivity contribution in [2.75, 3.05) is 38.6 Å². The molecule has 54 heavy (non-hydrogen) atoms. The summed E-state index contributed by atoms with van der Waals surface area (Å²) in [5.74, 6) is -1.67. The van der Waals surface area contributed by atoms with E-state index in [-0.39, 0.29) is 62.4 Å². The van der Waals surface area contributed by atoms with Gasteiger partial charge in [-0.05, 0) is 71.3 Å². The van der Waals surface area contributed by atoms with E-state index in [0.29, 0.717) is 63.3 Å². The molecule has 0 aromatic carbocycles. The van der Waals surface area contributed by atoms with Crippen molar-refractivity contribution in [3.05, 3.63) is 0 Å². The lowest BCUT2D eigenvalue weighted by molar-refractivity contribution is -0.134. The number of nitrogens with zero attached hydrogens (tertiary/aromatic N) is 1. The van der Waals surface area contributed by atoms with Gasteiger partial charge in [-0.3, -0.25) is 29.0 Å². The zero-order valence-electron chi connectivity index (χ0n) is 31.4. The van der Waals surface area contributed by atoms with Gasteiger partial charge in [0.15, 0.2) is 5.96 Å². The molecule has 0 saturated carbocycles. The van der Waals surface area contributed by atoms with Gasteiger partial charge in [0.1, 0.15) is 18.1 Å². The lowest BCUT2D eigenvalue weighted by Crippen LogP contribution is -2.58. The zero-order valence-corrected chi connectivity index (χ0v) is 32.2. The van der Waals surface area contributed by atoms with Gasteiger partial charge in [0, 0.05) is 43.0 Å². The van der Waals surface area contributed by atoms with Crippen LogP contribution >= 0.6 is 11.8 Å². The van der Waals surface area contributed by atoms with Crippen molar-refractivity contribution in [1.29, 1.82) is 0 Å². The number of aliphatic imine (C=N–C) groups is 1. The number of aliphatic hydroxyl groups is 2. The summed E-state index contributed by atoms with van der Waals surface area (Å²) < 4.78 is 0. The number of guanidine groups is 1. The molecule has 15 N–H and O–H groups in total. The molecule has 0 radical (unpaired) electrons. The van der Waals surface area contributed by atoms with Gasteiger partial charge in [-0.25, -0.2) is 4.79 Å².